The number of benzene rings is 2. The van der Waals surface area contributed by atoms with Gasteiger partial charge in [-0.1, -0.05) is 33.1 Å². The highest BCUT2D eigenvalue weighted by atomic mass is 19.2. The average molecular weight is 433 g/mol. The Hall–Kier alpha value is -2.01. The van der Waals surface area contributed by atoms with Crippen LogP contribution < -0.4 is 4.74 Å². The Bertz CT molecular complexity index is 933. The Morgan fingerprint density at radius 1 is 0.935 bits per heavy atom. The maximum atomic E-state index is 15.1. The van der Waals surface area contributed by atoms with Crippen molar-refractivity contribution in [2.45, 2.75) is 71.3 Å². The standard InChI is InChI=1S/C26H31F3O2/c1-3-5-6-8-17-13-20-19-11-12-21(25(28)22(19)23(20)26(29)24(17)27)31-15-18-10-9-16(7-4-2)14-30-18/h11-13,16,18H,3-10,14-15H2,1-2H3. The van der Waals surface area contributed by atoms with E-state index in [2.05, 4.69) is 13.8 Å². The first kappa shape index (κ1) is 22.2. The normalized spacial score (nSPS) is 19.5. The molecule has 1 heterocycles. The van der Waals surface area contributed by atoms with Crippen molar-refractivity contribution in [1.82, 2.24) is 0 Å². The lowest BCUT2D eigenvalue weighted by Gasteiger charge is -2.30. The third-order valence-corrected chi connectivity index (χ3v) is 6.56. The molecule has 4 rings (SSSR count). The molecule has 31 heavy (non-hydrogen) atoms. The molecule has 2 aliphatic rings. The highest BCUT2D eigenvalue weighted by Crippen LogP contribution is 2.52. The van der Waals surface area contributed by atoms with Crippen molar-refractivity contribution in [2.75, 3.05) is 13.2 Å². The molecular weight excluding hydrogens is 401 g/mol. The van der Waals surface area contributed by atoms with E-state index in [1.54, 1.807) is 18.2 Å². The smallest absolute Gasteiger partial charge is 0.173 e. The van der Waals surface area contributed by atoms with Gasteiger partial charge in [-0.05, 0) is 72.9 Å². The number of rotatable bonds is 9. The van der Waals surface area contributed by atoms with Crippen LogP contribution in [-0.4, -0.2) is 19.3 Å². The minimum atomic E-state index is -0.954. The van der Waals surface area contributed by atoms with E-state index in [9.17, 15) is 8.78 Å². The van der Waals surface area contributed by atoms with Crippen LogP contribution in [0.4, 0.5) is 13.2 Å². The third-order valence-electron chi connectivity index (χ3n) is 6.56. The van der Waals surface area contributed by atoms with Crippen LogP contribution in [0.5, 0.6) is 5.75 Å². The lowest BCUT2D eigenvalue weighted by atomic mass is 9.78. The lowest BCUT2D eigenvalue weighted by Crippen LogP contribution is -2.30. The zero-order valence-corrected chi connectivity index (χ0v) is 18.4. The molecular formula is C26H31F3O2. The van der Waals surface area contributed by atoms with Gasteiger partial charge >= 0.3 is 0 Å². The van der Waals surface area contributed by atoms with Crippen LogP contribution in [0.1, 0.15) is 64.4 Å². The van der Waals surface area contributed by atoms with E-state index in [0.29, 0.717) is 35.6 Å². The predicted molar refractivity (Wildman–Crippen MR) is 117 cm³/mol. The van der Waals surface area contributed by atoms with Crippen molar-refractivity contribution < 1.29 is 22.6 Å². The molecule has 0 aromatic heterocycles. The van der Waals surface area contributed by atoms with E-state index in [0.717, 1.165) is 44.9 Å². The van der Waals surface area contributed by atoms with Crippen LogP contribution in [0.25, 0.3) is 22.3 Å². The van der Waals surface area contributed by atoms with Gasteiger partial charge in [0.2, 0.25) is 0 Å². The van der Waals surface area contributed by atoms with E-state index in [4.69, 9.17) is 9.47 Å². The summed E-state index contributed by atoms with van der Waals surface area (Å²) in [5.74, 6) is -1.78. The quantitative estimate of drug-likeness (QED) is 0.327. The summed E-state index contributed by atoms with van der Waals surface area (Å²) in [6, 6.07) is 4.99. The molecule has 2 aromatic carbocycles. The zero-order chi connectivity index (χ0) is 22.0. The van der Waals surface area contributed by atoms with Crippen molar-refractivity contribution in [3.8, 4) is 28.0 Å². The summed E-state index contributed by atoms with van der Waals surface area (Å²) in [7, 11) is 0. The number of hydrogen-bond donors (Lipinski definition) is 0. The van der Waals surface area contributed by atoms with Crippen LogP contribution in [0.2, 0.25) is 0 Å². The Labute approximate surface area is 182 Å². The molecule has 2 atom stereocenters. The minimum absolute atomic E-state index is 0.0333. The largest absolute Gasteiger partial charge is 0.488 e. The van der Waals surface area contributed by atoms with E-state index >= 15 is 4.39 Å². The molecule has 0 radical (unpaired) electrons. The van der Waals surface area contributed by atoms with E-state index < -0.39 is 17.5 Å². The number of ether oxygens (including phenoxy) is 2. The fraction of sp³-hybridized carbons (Fsp3) is 0.538. The molecule has 2 nitrogen and oxygen atoms in total. The Morgan fingerprint density at radius 3 is 2.45 bits per heavy atom. The predicted octanol–water partition coefficient (Wildman–Crippen LogP) is 7.46. The monoisotopic (exact) mass is 432 g/mol. The summed E-state index contributed by atoms with van der Waals surface area (Å²) in [6.45, 7) is 5.21. The number of halogens is 3. The second kappa shape index (κ2) is 9.64. The number of hydrogen-bond acceptors (Lipinski definition) is 2. The molecule has 0 saturated carbocycles. The molecule has 1 saturated heterocycles. The van der Waals surface area contributed by atoms with Gasteiger partial charge in [0.05, 0.1) is 6.10 Å². The van der Waals surface area contributed by atoms with Crippen molar-refractivity contribution in [3.05, 3.63) is 41.2 Å². The van der Waals surface area contributed by atoms with Gasteiger partial charge in [0.25, 0.3) is 0 Å². The Kier molecular flexibility index (Phi) is 6.90. The first-order chi connectivity index (χ1) is 15.0. The first-order valence-corrected chi connectivity index (χ1v) is 11.6. The van der Waals surface area contributed by atoms with Gasteiger partial charge in [0.15, 0.2) is 23.2 Å². The number of fused-ring (bicyclic) bond motifs is 4. The SMILES string of the molecule is CCCCCc1cc2c(c(F)c1F)-c1c-2ccc(OCC2CCC(CCC)CO2)c1F. The van der Waals surface area contributed by atoms with Crippen molar-refractivity contribution in [3.63, 3.8) is 0 Å². The van der Waals surface area contributed by atoms with E-state index in [-0.39, 0.29) is 29.6 Å². The molecule has 0 amide bonds. The van der Waals surface area contributed by atoms with Crippen molar-refractivity contribution >= 4 is 0 Å². The molecule has 2 unspecified atom stereocenters. The van der Waals surface area contributed by atoms with Gasteiger partial charge < -0.3 is 9.47 Å². The van der Waals surface area contributed by atoms with Gasteiger partial charge in [-0.3, -0.25) is 0 Å². The van der Waals surface area contributed by atoms with Crippen LogP contribution in [0.15, 0.2) is 18.2 Å². The Morgan fingerprint density at radius 2 is 1.74 bits per heavy atom. The summed E-state index contributed by atoms with van der Waals surface area (Å²) in [6.07, 6.45) is 7.50. The Balaban J connectivity index is 1.46. The zero-order valence-electron chi connectivity index (χ0n) is 18.4. The minimum Gasteiger partial charge on any atom is -0.488 e. The van der Waals surface area contributed by atoms with Crippen LogP contribution in [0, 0.1) is 23.4 Å². The summed E-state index contributed by atoms with van der Waals surface area (Å²) in [5, 5.41) is 0. The van der Waals surface area contributed by atoms with Gasteiger partial charge in [-0.2, -0.15) is 0 Å². The molecule has 5 heteroatoms. The van der Waals surface area contributed by atoms with Gasteiger partial charge in [-0.15, -0.1) is 0 Å². The molecule has 0 spiro atoms. The molecule has 168 valence electrons. The average Bonchev–Trinajstić information content (AvgIpc) is 2.76. The summed E-state index contributed by atoms with van der Waals surface area (Å²) in [4.78, 5) is 0. The second-order valence-electron chi connectivity index (χ2n) is 8.84. The summed E-state index contributed by atoms with van der Waals surface area (Å²) < 4.78 is 56.0. The highest BCUT2D eigenvalue weighted by molar-refractivity contribution is 6.03. The maximum absolute atomic E-state index is 15.1. The van der Waals surface area contributed by atoms with Gasteiger partial charge in [0.1, 0.15) is 6.61 Å². The topological polar surface area (TPSA) is 18.5 Å². The van der Waals surface area contributed by atoms with Crippen molar-refractivity contribution in [1.29, 1.82) is 0 Å². The second-order valence-corrected chi connectivity index (χ2v) is 8.84. The maximum Gasteiger partial charge on any atom is 0.173 e. The van der Waals surface area contributed by atoms with Gasteiger partial charge in [0, 0.05) is 17.7 Å². The summed E-state index contributed by atoms with van der Waals surface area (Å²) in [5.41, 5.74) is 1.73. The van der Waals surface area contributed by atoms with Crippen LogP contribution >= 0.6 is 0 Å². The molecule has 0 N–H and O–H groups in total. The third kappa shape index (κ3) is 4.34. The van der Waals surface area contributed by atoms with E-state index in [1.807, 2.05) is 0 Å². The number of unbranched alkanes of at least 4 members (excludes halogenated alkanes) is 2. The van der Waals surface area contributed by atoms with Crippen LogP contribution in [-0.2, 0) is 11.2 Å². The molecule has 0 bridgehead atoms. The fourth-order valence-corrected chi connectivity index (χ4v) is 4.77. The summed E-state index contributed by atoms with van der Waals surface area (Å²) >= 11 is 0. The lowest BCUT2D eigenvalue weighted by molar-refractivity contribution is -0.0395. The van der Waals surface area contributed by atoms with Crippen molar-refractivity contribution in [2.24, 2.45) is 5.92 Å². The van der Waals surface area contributed by atoms with E-state index in [1.165, 1.54) is 0 Å². The molecule has 1 aliphatic carbocycles. The fourth-order valence-electron chi connectivity index (χ4n) is 4.77. The molecule has 1 aliphatic heterocycles. The highest BCUT2D eigenvalue weighted by Gasteiger charge is 2.34. The molecule has 1 fully saturated rings. The number of aryl methyl sites for hydroxylation is 1. The van der Waals surface area contributed by atoms with Gasteiger partial charge in [-0.25, -0.2) is 13.2 Å². The first-order valence-electron chi connectivity index (χ1n) is 11.6. The molecule has 2 aromatic rings. The van der Waals surface area contributed by atoms with Crippen LogP contribution in [0.3, 0.4) is 0 Å².